The molecular formula is C15H28O4. The van der Waals surface area contributed by atoms with E-state index in [1.807, 2.05) is 41.5 Å². The van der Waals surface area contributed by atoms with Crippen molar-refractivity contribution in [2.24, 2.45) is 23.2 Å². The summed E-state index contributed by atoms with van der Waals surface area (Å²) in [5.41, 5.74) is -0.922. The lowest BCUT2D eigenvalue weighted by Gasteiger charge is -2.35. The summed E-state index contributed by atoms with van der Waals surface area (Å²) in [7, 11) is 0. The summed E-state index contributed by atoms with van der Waals surface area (Å²) in [6.45, 7) is 12.0. The zero-order valence-electron chi connectivity index (χ0n) is 13.0. The predicted octanol–water partition coefficient (Wildman–Crippen LogP) is 3.35. The van der Waals surface area contributed by atoms with E-state index in [-0.39, 0.29) is 30.1 Å². The predicted molar refractivity (Wildman–Crippen MR) is 74.8 cm³/mol. The summed E-state index contributed by atoms with van der Waals surface area (Å²) in [6, 6.07) is 0. The average molecular weight is 272 g/mol. The van der Waals surface area contributed by atoms with Crippen LogP contribution in [0.1, 0.15) is 54.4 Å². The van der Waals surface area contributed by atoms with Gasteiger partial charge in [-0.3, -0.25) is 9.59 Å². The van der Waals surface area contributed by atoms with Crippen molar-refractivity contribution < 1.29 is 19.4 Å². The fourth-order valence-corrected chi connectivity index (χ4v) is 2.29. The van der Waals surface area contributed by atoms with Gasteiger partial charge >= 0.3 is 11.9 Å². The van der Waals surface area contributed by atoms with Gasteiger partial charge in [0.15, 0.2) is 0 Å². The van der Waals surface area contributed by atoms with Crippen LogP contribution in [0.25, 0.3) is 0 Å². The van der Waals surface area contributed by atoms with Crippen LogP contribution in [0, 0.1) is 23.2 Å². The first-order valence-corrected chi connectivity index (χ1v) is 7.00. The monoisotopic (exact) mass is 272 g/mol. The molecule has 0 bridgehead atoms. The Labute approximate surface area is 116 Å². The molecule has 1 unspecified atom stereocenters. The fourth-order valence-electron chi connectivity index (χ4n) is 2.29. The quantitative estimate of drug-likeness (QED) is 0.688. The van der Waals surface area contributed by atoms with Crippen molar-refractivity contribution in [2.45, 2.75) is 54.4 Å². The minimum atomic E-state index is -0.948. The van der Waals surface area contributed by atoms with Crippen molar-refractivity contribution in [1.29, 1.82) is 0 Å². The molecule has 0 rings (SSSR count). The van der Waals surface area contributed by atoms with Crippen LogP contribution in [0.5, 0.6) is 0 Å². The van der Waals surface area contributed by atoms with Gasteiger partial charge in [-0.1, -0.05) is 41.5 Å². The Morgan fingerprint density at radius 3 is 1.89 bits per heavy atom. The lowest BCUT2D eigenvalue weighted by Crippen LogP contribution is -2.41. The Morgan fingerprint density at radius 1 is 1.05 bits per heavy atom. The van der Waals surface area contributed by atoms with Gasteiger partial charge in [0.05, 0.1) is 18.4 Å². The van der Waals surface area contributed by atoms with Crippen LogP contribution in [0.2, 0.25) is 0 Å². The molecule has 0 aromatic rings. The van der Waals surface area contributed by atoms with E-state index < -0.39 is 11.4 Å². The van der Waals surface area contributed by atoms with Crippen LogP contribution in [-0.4, -0.2) is 23.7 Å². The Hall–Kier alpha value is -1.06. The molecule has 0 aliphatic carbocycles. The largest absolute Gasteiger partial charge is 0.481 e. The van der Waals surface area contributed by atoms with Gasteiger partial charge in [0.2, 0.25) is 0 Å². The lowest BCUT2D eigenvalue weighted by atomic mass is 9.69. The molecule has 0 spiro atoms. The zero-order valence-corrected chi connectivity index (χ0v) is 13.0. The second kappa shape index (κ2) is 7.51. The molecule has 1 atom stereocenters. The zero-order chi connectivity index (χ0) is 15.2. The molecular weight excluding hydrogens is 244 g/mol. The molecule has 0 aliphatic rings. The normalized spacial score (nSPS) is 14.8. The third-order valence-electron chi connectivity index (χ3n) is 3.30. The maximum absolute atomic E-state index is 12.4. The van der Waals surface area contributed by atoms with E-state index in [0.29, 0.717) is 13.0 Å². The molecule has 0 aromatic carbocycles. The van der Waals surface area contributed by atoms with Crippen LogP contribution in [0.3, 0.4) is 0 Å². The van der Waals surface area contributed by atoms with Crippen LogP contribution in [0.4, 0.5) is 0 Å². The molecule has 4 heteroatoms. The highest BCUT2D eigenvalue weighted by Crippen LogP contribution is 2.39. The van der Waals surface area contributed by atoms with Gasteiger partial charge in [0, 0.05) is 0 Å². The molecule has 112 valence electrons. The van der Waals surface area contributed by atoms with E-state index in [1.54, 1.807) is 0 Å². The van der Waals surface area contributed by atoms with Crippen molar-refractivity contribution >= 4 is 11.9 Å². The van der Waals surface area contributed by atoms with Gasteiger partial charge in [-0.15, -0.1) is 0 Å². The molecule has 0 saturated heterocycles. The highest BCUT2D eigenvalue weighted by Gasteiger charge is 2.45. The number of hydrogen-bond acceptors (Lipinski definition) is 3. The molecule has 0 fully saturated rings. The molecule has 19 heavy (non-hydrogen) atoms. The van der Waals surface area contributed by atoms with Gasteiger partial charge in [0.25, 0.3) is 0 Å². The number of carbonyl (C=O) groups is 2. The van der Waals surface area contributed by atoms with Crippen LogP contribution >= 0.6 is 0 Å². The first kappa shape index (κ1) is 17.9. The van der Waals surface area contributed by atoms with E-state index in [0.717, 1.165) is 0 Å². The molecule has 0 radical (unpaired) electrons. The molecule has 4 nitrogen and oxygen atoms in total. The van der Waals surface area contributed by atoms with E-state index in [9.17, 15) is 9.59 Å². The van der Waals surface area contributed by atoms with E-state index >= 15 is 0 Å². The van der Waals surface area contributed by atoms with Crippen molar-refractivity contribution in [3.63, 3.8) is 0 Å². The van der Waals surface area contributed by atoms with Gasteiger partial charge in [-0.05, 0) is 24.2 Å². The van der Waals surface area contributed by atoms with Crippen molar-refractivity contribution in [3.8, 4) is 0 Å². The SMILES string of the molecule is CC(C)COC(=O)C(CC(=O)O)(CC(C)C)C(C)C. The number of hydrogen-bond donors (Lipinski definition) is 1. The highest BCUT2D eigenvalue weighted by atomic mass is 16.5. The first-order chi connectivity index (χ1) is 8.61. The van der Waals surface area contributed by atoms with Gasteiger partial charge < -0.3 is 9.84 Å². The Balaban J connectivity index is 5.18. The summed E-state index contributed by atoms with van der Waals surface area (Å²) in [6.07, 6.45) is 0.369. The summed E-state index contributed by atoms with van der Waals surface area (Å²) >= 11 is 0. The average Bonchev–Trinajstić information content (AvgIpc) is 2.22. The summed E-state index contributed by atoms with van der Waals surface area (Å²) in [4.78, 5) is 23.5. The Kier molecular flexibility index (Phi) is 7.09. The smallest absolute Gasteiger partial charge is 0.312 e. The Morgan fingerprint density at radius 2 is 1.58 bits per heavy atom. The van der Waals surface area contributed by atoms with Crippen LogP contribution in [0.15, 0.2) is 0 Å². The van der Waals surface area contributed by atoms with Gasteiger partial charge in [-0.2, -0.15) is 0 Å². The fraction of sp³-hybridized carbons (Fsp3) is 0.867. The minimum Gasteiger partial charge on any atom is -0.481 e. The van der Waals surface area contributed by atoms with Crippen LogP contribution in [-0.2, 0) is 14.3 Å². The maximum atomic E-state index is 12.4. The number of ether oxygens (including phenoxy) is 1. The van der Waals surface area contributed by atoms with Gasteiger partial charge in [-0.25, -0.2) is 0 Å². The second-order valence-electron chi connectivity index (χ2n) is 6.47. The number of rotatable bonds is 8. The number of aliphatic carboxylic acids is 1. The molecule has 0 saturated carbocycles. The summed E-state index contributed by atoms with van der Waals surface area (Å²) in [5, 5.41) is 9.13. The number of carboxylic acids is 1. The van der Waals surface area contributed by atoms with Gasteiger partial charge in [0.1, 0.15) is 0 Å². The van der Waals surface area contributed by atoms with Crippen molar-refractivity contribution in [3.05, 3.63) is 0 Å². The highest BCUT2D eigenvalue weighted by molar-refractivity contribution is 5.83. The number of esters is 1. The van der Waals surface area contributed by atoms with Crippen LogP contribution < -0.4 is 0 Å². The van der Waals surface area contributed by atoms with E-state index in [2.05, 4.69) is 0 Å². The molecule has 0 amide bonds. The third kappa shape index (κ3) is 5.62. The molecule has 0 aromatic heterocycles. The lowest BCUT2D eigenvalue weighted by molar-refractivity contribution is -0.167. The second-order valence-corrected chi connectivity index (χ2v) is 6.47. The topological polar surface area (TPSA) is 63.6 Å². The van der Waals surface area contributed by atoms with E-state index in [1.165, 1.54) is 0 Å². The molecule has 0 heterocycles. The molecule has 1 N–H and O–H groups in total. The van der Waals surface area contributed by atoms with Crippen molar-refractivity contribution in [1.82, 2.24) is 0 Å². The Bertz CT molecular complexity index is 307. The third-order valence-corrected chi connectivity index (χ3v) is 3.30. The number of carboxylic acid groups (broad SMARTS) is 1. The first-order valence-electron chi connectivity index (χ1n) is 7.00. The summed E-state index contributed by atoms with van der Waals surface area (Å²) < 4.78 is 5.33. The maximum Gasteiger partial charge on any atom is 0.312 e. The number of carbonyl (C=O) groups excluding carboxylic acids is 1. The van der Waals surface area contributed by atoms with Crippen molar-refractivity contribution in [2.75, 3.05) is 6.61 Å². The summed E-state index contributed by atoms with van der Waals surface area (Å²) in [5.74, 6) is -0.889. The molecule has 0 aliphatic heterocycles. The van der Waals surface area contributed by atoms with E-state index in [4.69, 9.17) is 9.84 Å². The standard InChI is InChI=1S/C15H28O4/c1-10(2)7-15(12(5)6,8-13(16)17)14(18)19-9-11(3)4/h10-12H,7-9H2,1-6H3,(H,16,17). The minimum absolute atomic E-state index is 0.0642.